The molecule has 1 atom stereocenters. The topological polar surface area (TPSA) is 12.0 Å². The molecular formula is C14H21BrFN. The van der Waals surface area contributed by atoms with Crippen molar-refractivity contribution in [3.05, 3.63) is 34.1 Å². The summed E-state index contributed by atoms with van der Waals surface area (Å²) < 4.78 is 14.1. The van der Waals surface area contributed by atoms with E-state index in [-0.39, 0.29) is 5.82 Å². The van der Waals surface area contributed by atoms with E-state index in [2.05, 4.69) is 35.1 Å². The Morgan fingerprint density at radius 1 is 1.29 bits per heavy atom. The molecule has 0 fully saturated rings. The molecule has 0 heterocycles. The quantitative estimate of drug-likeness (QED) is 0.792. The van der Waals surface area contributed by atoms with Gasteiger partial charge < -0.3 is 5.32 Å². The van der Waals surface area contributed by atoms with Gasteiger partial charge in [-0.1, -0.05) is 42.6 Å². The molecule has 1 rings (SSSR count). The number of benzene rings is 1. The molecule has 0 spiro atoms. The first kappa shape index (κ1) is 14.7. The average Bonchev–Trinajstić information content (AvgIpc) is 2.24. The number of unbranched alkanes of at least 4 members (excludes halogenated alkanes) is 1. The minimum atomic E-state index is -0.167. The van der Waals surface area contributed by atoms with Crippen molar-refractivity contribution in [2.75, 3.05) is 6.54 Å². The first-order chi connectivity index (χ1) is 8.15. The molecule has 96 valence electrons. The van der Waals surface area contributed by atoms with Crippen molar-refractivity contribution in [3.8, 4) is 0 Å². The molecule has 1 N–H and O–H groups in total. The van der Waals surface area contributed by atoms with Gasteiger partial charge in [0.2, 0.25) is 0 Å². The lowest BCUT2D eigenvalue weighted by Crippen LogP contribution is -2.30. The van der Waals surface area contributed by atoms with Gasteiger partial charge in [0.15, 0.2) is 0 Å². The molecule has 3 heteroatoms. The summed E-state index contributed by atoms with van der Waals surface area (Å²) in [5, 5.41) is 3.47. The zero-order valence-corrected chi connectivity index (χ0v) is 12.2. The number of likely N-dealkylation sites (N-methyl/N-ethyl adjacent to an activating group) is 1. The zero-order valence-electron chi connectivity index (χ0n) is 10.6. The Bertz CT molecular complexity index is 321. The molecule has 0 aliphatic carbocycles. The third-order valence-electron chi connectivity index (χ3n) is 2.80. The van der Waals surface area contributed by atoms with Gasteiger partial charge >= 0.3 is 0 Å². The fourth-order valence-corrected chi connectivity index (χ4v) is 2.54. The summed E-state index contributed by atoms with van der Waals surface area (Å²) in [6.07, 6.45) is 4.46. The molecule has 1 aromatic carbocycles. The second-order valence-corrected chi connectivity index (χ2v) is 5.29. The Kier molecular flexibility index (Phi) is 6.75. The first-order valence-electron chi connectivity index (χ1n) is 6.34. The van der Waals surface area contributed by atoms with E-state index in [4.69, 9.17) is 0 Å². The maximum atomic E-state index is 13.3. The van der Waals surface area contributed by atoms with Crippen LogP contribution in [0.1, 0.15) is 38.7 Å². The lowest BCUT2D eigenvalue weighted by atomic mass is 10.0. The third kappa shape index (κ3) is 5.64. The largest absolute Gasteiger partial charge is 0.314 e. The van der Waals surface area contributed by atoms with Crippen molar-refractivity contribution in [1.29, 1.82) is 0 Å². The lowest BCUT2D eigenvalue weighted by Gasteiger charge is -2.17. The van der Waals surface area contributed by atoms with Crippen molar-refractivity contribution in [1.82, 2.24) is 5.32 Å². The van der Waals surface area contributed by atoms with Gasteiger partial charge in [-0.2, -0.15) is 0 Å². The molecule has 0 aliphatic heterocycles. The van der Waals surface area contributed by atoms with Crippen LogP contribution in [0.15, 0.2) is 22.7 Å². The second-order valence-electron chi connectivity index (χ2n) is 4.38. The fourth-order valence-electron chi connectivity index (χ4n) is 2.03. The Morgan fingerprint density at radius 3 is 2.65 bits per heavy atom. The minimum Gasteiger partial charge on any atom is -0.314 e. The molecule has 0 bridgehead atoms. The van der Waals surface area contributed by atoms with E-state index in [0.29, 0.717) is 6.04 Å². The molecule has 0 aliphatic rings. The summed E-state index contributed by atoms with van der Waals surface area (Å²) in [4.78, 5) is 0. The number of halogens is 2. The van der Waals surface area contributed by atoms with Crippen molar-refractivity contribution in [2.24, 2.45) is 0 Å². The van der Waals surface area contributed by atoms with Crippen LogP contribution in [-0.2, 0) is 6.42 Å². The highest BCUT2D eigenvalue weighted by molar-refractivity contribution is 9.10. The van der Waals surface area contributed by atoms with Gasteiger partial charge in [0.05, 0.1) is 0 Å². The van der Waals surface area contributed by atoms with Crippen LogP contribution in [0, 0.1) is 5.82 Å². The van der Waals surface area contributed by atoms with Crippen LogP contribution >= 0.6 is 15.9 Å². The first-order valence-corrected chi connectivity index (χ1v) is 7.13. The summed E-state index contributed by atoms with van der Waals surface area (Å²) >= 11 is 3.33. The number of hydrogen-bond donors (Lipinski definition) is 1. The van der Waals surface area contributed by atoms with Gasteiger partial charge in [0, 0.05) is 10.5 Å². The van der Waals surface area contributed by atoms with Crippen LogP contribution in [0.25, 0.3) is 0 Å². The monoisotopic (exact) mass is 301 g/mol. The van der Waals surface area contributed by atoms with Crippen LogP contribution in [0.5, 0.6) is 0 Å². The third-order valence-corrected chi connectivity index (χ3v) is 3.26. The Morgan fingerprint density at radius 2 is 2.06 bits per heavy atom. The van der Waals surface area contributed by atoms with E-state index in [1.807, 2.05) is 6.07 Å². The van der Waals surface area contributed by atoms with Gasteiger partial charge in [0.25, 0.3) is 0 Å². The molecule has 1 unspecified atom stereocenters. The summed E-state index contributed by atoms with van der Waals surface area (Å²) in [6.45, 7) is 5.27. The van der Waals surface area contributed by atoms with Crippen molar-refractivity contribution in [3.63, 3.8) is 0 Å². The summed E-state index contributed by atoms with van der Waals surface area (Å²) in [5.74, 6) is -0.167. The standard InChI is InChI=1S/C14H21BrFN/c1-3-5-6-14(17-4-2)9-11-7-12(15)10-13(16)8-11/h7-8,10,14,17H,3-6,9H2,1-2H3. The van der Waals surface area contributed by atoms with Crippen LogP contribution < -0.4 is 5.32 Å². The number of nitrogens with one attached hydrogen (secondary N) is 1. The van der Waals surface area contributed by atoms with Gasteiger partial charge in [0.1, 0.15) is 5.82 Å². The minimum absolute atomic E-state index is 0.167. The SMILES string of the molecule is CCCCC(Cc1cc(F)cc(Br)c1)NCC. The van der Waals surface area contributed by atoms with Gasteiger partial charge in [-0.15, -0.1) is 0 Å². The zero-order chi connectivity index (χ0) is 12.7. The molecule has 1 nitrogen and oxygen atoms in total. The molecule has 0 aromatic heterocycles. The molecular weight excluding hydrogens is 281 g/mol. The van der Waals surface area contributed by atoms with E-state index in [0.717, 1.165) is 29.4 Å². The highest BCUT2D eigenvalue weighted by Gasteiger charge is 2.09. The summed E-state index contributed by atoms with van der Waals surface area (Å²) in [5.41, 5.74) is 1.05. The molecule has 1 aromatic rings. The molecule has 0 saturated carbocycles. The van der Waals surface area contributed by atoms with E-state index in [9.17, 15) is 4.39 Å². The van der Waals surface area contributed by atoms with Gasteiger partial charge in [-0.25, -0.2) is 4.39 Å². The van der Waals surface area contributed by atoms with Crippen LogP contribution in [0.3, 0.4) is 0 Å². The van der Waals surface area contributed by atoms with Crippen LogP contribution in [0.2, 0.25) is 0 Å². The number of hydrogen-bond acceptors (Lipinski definition) is 1. The maximum absolute atomic E-state index is 13.3. The highest BCUT2D eigenvalue weighted by Crippen LogP contribution is 2.17. The fraction of sp³-hybridized carbons (Fsp3) is 0.571. The smallest absolute Gasteiger partial charge is 0.124 e. The molecule has 0 radical (unpaired) electrons. The summed E-state index contributed by atoms with van der Waals surface area (Å²) in [7, 11) is 0. The van der Waals surface area contributed by atoms with E-state index in [1.54, 1.807) is 6.07 Å². The normalized spacial score (nSPS) is 12.7. The lowest BCUT2D eigenvalue weighted by molar-refractivity contribution is 0.472. The van der Waals surface area contributed by atoms with Crippen molar-refractivity contribution in [2.45, 2.75) is 45.6 Å². The molecule has 17 heavy (non-hydrogen) atoms. The van der Waals surface area contributed by atoms with Gasteiger partial charge in [-0.3, -0.25) is 0 Å². The van der Waals surface area contributed by atoms with Crippen molar-refractivity contribution < 1.29 is 4.39 Å². The van der Waals surface area contributed by atoms with Crippen LogP contribution in [-0.4, -0.2) is 12.6 Å². The Balaban J connectivity index is 2.63. The second kappa shape index (κ2) is 7.83. The predicted octanol–water partition coefficient (Wildman–Crippen LogP) is 4.30. The van der Waals surface area contributed by atoms with E-state index in [1.165, 1.54) is 18.9 Å². The molecule has 0 saturated heterocycles. The van der Waals surface area contributed by atoms with E-state index >= 15 is 0 Å². The Labute approximate surface area is 112 Å². The van der Waals surface area contributed by atoms with Crippen molar-refractivity contribution >= 4 is 15.9 Å². The Hall–Kier alpha value is -0.410. The van der Waals surface area contributed by atoms with E-state index < -0.39 is 0 Å². The van der Waals surface area contributed by atoms with Crippen LogP contribution in [0.4, 0.5) is 4.39 Å². The summed E-state index contributed by atoms with van der Waals surface area (Å²) in [6, 6.07) is 5.58. The number of rotatable bonds is 7. The molecule has 0 amide bonds. The predicted molar refractivity (Wildman–Crippen MR) is 74.8 cm³/mol. The average molecular weight is 302 g/mol. The highest BCUT2D eigenvalue weighted by atomic mass is 79.9. The maximum Gasteiger partial charge on any atom is 0.124 e. The van der Waals surface area contributed by atoms with Gasteiger partial charge in [-0.05, 0) is 43.1 Å².